The van der Waals surface area contributed by atoms with Gasteiger partial charge in [0.05, 0.1) is 22.9 Å². The molecular formula is C24H23N7O3S. The van der Waals surface area contributed by atoms with Crippen LogP contribution < -0.4 is 16.6 Å². The summed E-state index contributed by atoms with van der Waals surface area (Å²) in [7, 11) is 3.22. The summed E-state index contributed by atoms with van der Waals surface area (Å²) < 4.78 is 3.79. The molecule has 0 aliphatic heterocycles. The fourth-order valence-electron chi connectivity index (χ4n) is 4.82. The van der Waals surface area contributed by atoms with Gasteiger partial charge in [0, 0.05) is 19.0 Å². The van der Waals surface area contributed by atoms with E-state index >= 15 is 0 Å². The summed E-state index contributed by atoms with van der Waals surface area (Å²) in [4.78, 5) is 52.5. The van der Waals surface area contributed by atoms with E-state index in [1.165, 1.54) is 21.3 Å². The molecule has 6 rings (SSSR count). The van der Waals surface area contributed by atoms with Crippen molar-refractivity contribution in [3.63, 3.8) is 0 Å². The van der Waals surface area contributed by atoms with Gasteiger partial charge >= 0.3 is 5.69 Å². The number of anilines is 1. The average Bonchev–Trinajstić information content (AvgIpc) is 3.54. The van der Waals surface area contributed by atoms with Crippen LogP contribution in [0.1, 0.15) is 23.3 Å². The molecule has 1 aromatic carbocycles. The summed E-state index contributed by atoms with van der Waals surface area (Å²) in [5.74, 6) is 0.270. The first-order valence-corrected chi connectivity index (χ1v) is 12.2. The number of thiophene rings is 1. The molecule has 0 fully saturated rings. The molecule has 11 heteroatoms. The summed E-state index contributed by atoms with van der Waals surface area (Å²) in [5.41, 5.74) is 3.33. The number of hydrogen-bond donors (Lipinski definition) is 2. The Morgan fingerprint density at radius 2 is 1.97 bits per heavy atom. The molecule has 178 valence electrons. The minimum Gasteiger partial charge on any atom is -0.338 e. The molecule has 0 unspecified atom stereocenters. The average molecular weight is 490 g/mol. The van der Waals surface area contributed by atoms with Gasteiger partial charge in [-0.1, -0.05) is 12.1 Å². The van der Waals surface area contributed by atoms with E-state index in [9.17, 15) is 14.4 Å². The maximum absolute atomic E-state index is 13.2. The van der Waals surface area contributed by atoms with Crippen LogP contribution in [-0.2, 0) is 38.3 Å². The van der Waals surface area contributed by atoms with Crippen molar-refractivity contribution >= 4 is 44.4 Å². The van der Waals surface area contributed by atoms with E-state index in [2.05, 4.69) is 15.3 Å². The minimum absolute atomic E-state index is 0.273. The molecule has 35 heavy (non-hydrogen) atoms. The third kappa shape index (κ3) is 3.42. The van der Waals surface area contributed by atoms with Crippen molar-refractivity contribution < 1.29 is 4.79 Å². The molecule has 0 saturated heterocycles. The Kier molecular flexibility index (Phi) is 4.95. The lowest BCUT2D eigenvalue weighted by Crippen LogP contribution is -2.42. The molecule has 0 bridgehead atoms. The van der Waals surface area contributed by atoms with Crippen molar-refractivity contribution in [3.8, 4) is 11.4 Å². The third-order valence-corrected chi connectivity index (χ3v) is 7.76. The van der Waals surface area contributed by atoms with Gasteiger partial charge in [-0.3, -0.25) is 14.2 Å². The van der Waals surface area contributed by atoms with Gasteiger partial charge in [0.1, 0.15) is 17.4 Å². The molecule has 5 aromatic rings. The van der Waals surface area contributed by atoms with Crippen LogP contribution in [0.25, 0.3) is 33.6 Å². The van der Waals surface area contributed by atoms with Crippen LogP contribution in [0.3, 0.4) is 0 Å². The van der Waals surface area contributed by atoms with Crippen LogP contribution in [0.2, 0.25) is 0 Å². The van der Waals surface area contributed by atoms with Crippen LogP contribution in [0.5, 0.6) is 0 Å². The van der Waals surface area contributed by atoms with Gasteiger partial charge in [0.25, 0.3) is 5.56 Å². The number of carbonyl (C=O) groups is 1. The van der Waals surface area contributed by atoms with Gasteiger partial charge in [-0.25, -0.2) is 19.3 Å². The number of aromatic amines is 1. The summed E-state index contributed by atoms with van der Waals surface area (Å²) in [5, 5.41) is 3.67. The maximum Gasteiger partial charge on any atom is 0.332 e. The molecule has 1 amide bonds. The number of imidazole rings is 2. The number of carbonyl (C=O) groups excluding carboxylic acids is 1. The maximum atomic E-state index is 13.2. The van der Waals surface area contributed by atoms with Crippen LogP contribution in [0.15, 0.2) is 40.2 Å². The van der Waals surface area contributed by atoms with E-state index in [4.69, 9.17) is 4.98 Å². The molecule has 0 spiro atoms. The number of H-pyrrole nitrogens is 1. The van der Waals surface area contributed by atoms with E-state index in [1.54, 1.807) is 30.0 Å². The Bertz CT molecular complexity index is 1720. The van der Waals surface area contributed by atoms with E-state index in [0.29, 0.717) is 10.8 Å². The number of para-hydroxylation sites is 2. The number of aryl methyl sites for hydroxylation is 3. The normalized spacial score (nSPS) is 13.4. The quantitative estimate of drug-likeness (QED) is 0.402. The zero-order valence-corrected chi connectivity index (χ0v) is 20.1. The van der Waals surface area contributed by atoms with Gasteiger partial charge in [-0.2, -0.15) is 0 Å². The first-order valence-electron chi connectivity index (χ1n) is 11.4. The lowest BCUT2D eigenvalue weighted by atomic mass is 9.95. The highest BCUT2D eigenvalue weighted by Gasteiger charge is 2.25. The minimum atomic E-state index is -0.584. The van der Waals surface area contributed by atoms with Crippen LogP contribution in [-0.4, -0.2) is 34.6 Å². The van der Waals surface area contributed by atoms with Crippen molar-refractivity contribution in [1.29, 1.82) is 0 Å². The van der Waals surface area contributed by atoms with Crippen molar-refractivity contribution in [3.05, 3.63) is 61.9 Å². The van der Waals surface area contributed by atoms with Gasteiger partial charge < -0.3 is 14.9 Å². The standard InChI is InChI=1S/C24H23N7O3S/c1-29-12-25-21-19(29)23(33)31(24(34)30(21)2)11-17(32)28-22-18(13-7-3-6-10-16(13)35-22)20-26-14-8-4-5-9-15(14)27-20/h4-5,8-9,12H,3,6-7,10-11H2,1-2H3,(H,26,27)(H,28,32). The lowest BCUT2D eigenvalue weighted by molar-refractivity contribution is -0.116. The second-order valence-corrected chi connectivity index (χ2v) is 9.93. The predicted octanol–water partition coefficient (Wildman–Crippen LogP) is 2.56. The van der Waals surface area contributed by atoms with Gasteiger partial charge in [-0.05, 0) is 43.4 Å². The number of benzene rings is 1. The zero-order valence-electron chi connectivity index (χ0n) is 19.3. The lowest BCUT2D eigenvalue weighted by Gasteiger charge is -2.12. The molecule has 4 heterocycles. The number of fused-ring (bicyclic) bond motifs is 3. The highest BCUT2D eigenvalue weighted by atomic mass is 32.1. The van der Waals surface area contributed by atoms with Crippen LogP contribution in [0, 0.1) is 0 Å². The first kappa shape index (κ1) is 21.5. The van der Waals surface area contributed by atoms with Crippen LogP contribution in [0.4, 0.5) is 5.00 Å². The molecule has 4 aromatic heterocycles. The first-order chi connectivity index (χ1) is 16.9. The summed E-state index contributed by atoms with van der Waals surface area (Å²) in [6.45, 7) is -0.394. The Balaban J connectivity index is 1.40. The van der Waals surface area contributed by atoms with E-state index in [1.807, 2.05) is 24.3 Å². The number of aromatic nitrogens is 6. The number of nitrogens with zero attached hydrogens (tertiary/aromatic N) is 5. The molecule has 1 aliphatic rings. The summed E-state index contributed by atoms with van der Waals surface area (Å²) >= 11 is 1.55. The number of hydrogen-bond acceptors (Lipinski definition) is 6. The molecule has 0 atom stereocenters. The van der Waals surface area contributed by atoms with Gasteiger partial charge in [0.2, 0.25) is 5.91 Å². The molecule has 10 nitrogen and oxygen atoms in total. The summed E-state index contributed by atoms with van der Waals surface area (Å²) in [6.07, 6.45) is 5.55. The smallest absolute Gasteiger partial charge is 0.332 e. The third-order valence-electron chi connectivity index (χ3n) is 6.55. The Labute approximate surface area is 202 Å². The predicted molar refractivity (Wildman–Crippen MR) is 135 cm³/mol. The largest absolute Gasteiger partial charge is 0.338 e. The molecule has 1 aliphatic carbocycles. The number of rotatable bonds is 4. The fourth-order valence-corrected chi connectivity index (χ4v) is 6.13. The number of nitrogens with one attached hydrogen (secondary N) is 2. The van der Waals surface area contributed by atoms with Crippen molar-refractivity contribution in [1.82, 2.24) is 28.7 Å². The van der Waals surface area contributed by atoms with E-state index in [0.717, 1.165) is 46.8 Å². The second-order valence-electron chi connectivity index (χ2n) is 8.83. The molecule has 0 saturated carbocycles. The molecule has 0 radical (unpaired) electrons. The van der Waals surface area contributed by atoms with Crippen molar-refractivity contribution in [2.75, 3.05) is 5.32 Å². The highest BCUT2D eigenvalue weighted by Crippen LogP contribution is 2.43. The van der Waals surface area contributed by atoms with E-state index < -0.39 is 23.7 Å². The molecular weight excluding hydrogens is 466 g/mol. The van der Waals surface area contributed by atoms with Crippen molar-refractivity contribution in [2.45, 2.75) is 32.2 Å². The Morgan fingerprint density at radius 3 is 2.80 bits per heavy atom. The van der Waals surface area contributed by atoms with Gasteiger partial charge in [0.15, 0.2) is 11.2 Å². The topological polar surface area (TPSA) is 120 Å². The number of amides is 1. The van der Waals surface area contributed by atoms with E-state index in [-0.39, 0.29) is 11.2 Å². The fraction of sp³-hybridized carbons (Fsp3) is 0.292. The summed E-state index contributed by atoms with van der Waals surface area (Å²) in [6, 6.07) is 7.81. The Morgan fingerprint density at radius 1 is 1.17 bits per heavy atom. The van der Waals surface area contributed by atoms with Gasteiger partial charge in [-0.15, -0.1) is 11.3 Å². The zero-order chi connectivity index (χ0) is 24.3. The Hall–Kier alpha value is -3.99. The van der Waals surface area contributed by atoms with Crippen molar-refractivity contribution in [2.24, 2.45) is 14.1 Å². The molecule has 2 N–H and O–H groups in total. The second kappa shape index (κ2) is 8.05. The van der Waals surface area contributed by atoms with Crippen LogP contribution >= 0.6 is 11.3 Å². The SMILES string of the molecule is Cn1cnc2c1c(=O)n(CC(=O)Nc1sc3c(c1-c1nc4ccccc4[nH]1)CCCC3)c(=O)n2C. The highest BCUT2D eigenvalue weighted by molar-refractivity contribution is 7.17. The monoisotopic (exact) mass is 489 g/mol.